The van der Waals surface area contributed by atoms with Crippen molar-refractivity contribution in [3.63, 3.8) is 0 Å². The molecule has 0 saturated carbocycles. The molecule has 1 amide bonds. The lowest BCUT2D eigenvalue weighted by Gasteiger charge is -2.31. The van der Waals surface area contributed by atoms with E-state index >= 15 is 0 Å². The van der Waals surface area contributed by atoms with Crippen LogP contribution in [0.15, 0.2) is 34.9 Å². The number of nitrogens with zero attached hydrogens (tertiary/aromatic N) is 3. The fourth-order valence-corrected chi connectivity index (χ4v) is 3.39. The van der Waals surface area contributed by atoms with E-state index in [0.29, 0.717) is 56.4 Å². The molecule has 0 aliphatic carbocycles. The average molecular weight is 386 g/mol. The number of morpholine rings is 1. The SMILES string of the molecule is Cc1cccc(CN(Cc2nc(C(=O)N3CCOCC3)co2)C(C)C(C)C)c1. The number of carbonyl (C=O) groups excluding carboxylic acids is 1. The summed E-state index contributed by atoms with van der Waals surface area (Å²) in [5.41, 5.74) is 2.90. The Kier molecular flexibility index (Phi) is 6.86. The van der Waals surface area contributed by atoms with Crippen molar-refractivity contribution in [2.45, 2.75) is 46.8 Å². The molecule has 6 nitrogen and oxygen atoms in total. The number of rotatable bonds is 7. The van der Waals surface area contributed by atoms with Crippen molar-refractivity contribution in [1.82, 2.24) is 14.8 Å². The highest BCUT2D eigenvalue weighted by Crippen LogP contribution is 2.19. The third-order valence-corrected chi connectivity index (χ3v) is 5.42. The van der Waals surface area contributed by atoms with Gasteiger partial charge >= 0.3 is 0 Å². The second-order valence-electron chi connectivity index (χ2n) is 7.91. The van der Waals surface area contributed by atoms with Crippen molar-refractivity contribution < 1.29 is 13.9 Å². The van der Waals surface area contributed by atoms with Gasteiger partial charge < -0.3 is 14.1 Å². The highest BCUT2D eigenvalue weighted by molar-refractivity contribution is 5.92. The minimum Gasteiger partial charge on any atom is -0.447 e. The lowest BCUT2D eigenvalue weighted by Crippen LogP contribution is -2.40. The average Bonchev–Trinajstić information content (AvgIpc) is 3.15. The highest BCUT2D eigenvalue weighted by Gasteiger charge is 2.24. The van der Waals surface area contributed by atoms with Gasteiger partial charge in [-0.25, -0.2) is 4.98 Å². The van der Waals surface area contributed by atoms with Gasteiger partial charge in [-0.05, 0) is 25.3 Å². The van der Waals surface area contributed by atoms with Crippen molar-refractivity contribution in [1.29, 1.82) is 0 Å². The Morgan fingerprint density at radius 2 is 1.96 bits per heavy atom. The molecule has 152 valence electrons. The van der Waals surface area contributed by atoms with Gasteiger partial charge in [-0.3, -0.25) is 9.69 Å². The summed E-state index contributed by atoms with van der Waals surface area (Å²) in [6.07, 6.45) is 1.48. The predicted octanol–water partition coefficient (Wildman–Crippen LogP) is 3.50. The summed E-state index contributed by atoms with van der Waals surface area (Å²) in [4.78, 5) is 21.2. The van der Waals surface area contributed by atoms with E-state index in [0.717, 1.165) is 6.54 Å². The lowest BCUT2D eigenvalue weighted by molar-refractivity contribution is 0.0299. The molecular formula is C22H31N3O3. The van der Waals surface area contributed by atoms with Gasteiger partial charge in [0.2, 0.25) is 5.89 Å². The van der Waals surface area contributed by atoms with Gasteiger partial charge in [0, 0.05) is 25.7 Å². The van der Waals surface area contributed by atoms with Crippen LogP contribution in [0.4, 0.5) is 0 Å². The molecule has 6 heteroatoms. The van der Waals surface area contributed by atoms with Gasteiger partial charge in [0.1, 0.15) is 6.26 Å². The highest BCUT2D eigenvalue weighted by atomic mass is 16.5. The van der Waals surface area contributed by atoms with Crippen molar-refractivity contribution >= 4 is 5.91 Å². The van der Waals surface area contributed by atoms with Gasteiger partial charge in [0.25, 0.3) is 5.91 Å². The largest absolute Gasteiger partial charge is 0.447 e. The topological polar surface area (TPSA) is 58.8 Å². The first-order valence-corrected chi connectivity index (χ1v) is 10.0. The Morgan fingerprint density at radius 1 is 1.21 bits per heavy atom. The number of aromatic nitrogens is 1. The van der Waals surface area contributed by atoms with Crippen molar-refractivity contribution in [2.24, 2.45) is 5.92 Å². The summed E-state index contributed by atoms with van der Waals surface area (Å²) in [6, 6.07) is 8.91. The van der Waals surface area contributed by atoms with Gasteiger partial charge in [-0.15, -0.1) is 0 Å². The van der Waals surface area contributed by atoms with Crippen LogP contribution in [-0.2, 0) is 17.8 Å². The number of oxazole rings is 1. The Balaban J connectivity index is 1.71. The van der Waals surface area contributed by atoms with Crippen LogP contribution in [0.1, 0.15) is 48.3 Å². The number of ether oxygens (including phenoxy) is 1. The zero-order chi connectivity index (χ0) is 20.1. The predicted molar refractivity (Wildman–Crippen MR) is 108 cm³/mol. The Labute approximate surface area is 167 Å². The van der Waals surface area contributed by atoms with Gasteiger partial charge in [0.15, 0.2) is 5.69 Å². The van der Waals surface area contributed by atoms with Crippen LogP contribution >= 0.6 is 0 Å². The summed E-state index contributed by atoms with van der Waals surface area (Å²) in [6.45, 7) is 12.5. The van der Waals surface area contributed by atoms with E-state index in [1.165, 1.54) is 17.4 Å². The van der Waals surface area contributed by atoms with Crippen LogP contribution < -0.4 is 0 Å². The number of aryl methyl sites for hydroxylation is 1. The van der Waals surface area contributed by atoms with Crippen LogP contribution in [0.25, 0.3) is 0 Å². The van der Waals surface area contributed by atoms with E-state index in [1.807, 2.05) is 0 Å². The van der Waals surface area contributed by atoms with E-state index in [4.69, 9.17) is 9.15 Å². The normalized spacial score (nSPS) is 16.0. The third-order valence-electron chi connectivity index (χ3n) is 5.42. The molecule has 28 heavy (non-hydrogen) atoms. The molecule has 1 atom stereocenters. The molecule has 0 bridgehead atoms. The molecular weight excluding hydrogens is 354 g/mol. The zero-order valence-electron chi connectivity index (χ0n) is 17.4. The monoisotopic (exact) mass is 385 g/mol. The molecule has 0 radical (unpaired) electrons. The minimum absolute atomic E-state index is 0.0829. The Hall–Kier alpha value is -2.18. The molecule has 2 aromatic rings. The van der Waals surface area contributed by atoms with Crippen molar-refractivity contribution in [3.8, 4) is 0 Å². The van der Waals surface area contributed by atoms with E-state index in [1.54, 1.807) is 4.90 Å². The summed E-state index contributed by atoms with van der Waals surface area (Å²) >= 11 is 0. The van der Waals surface area contributed by atoms with E-state index in [-0.39, 0.29) is 5.91 Å². The minimum atomic E-state index is -0.0829. The lowest BCUT2D eigenvalue weighted by atomic mass is 10.0. The molecule has 1 unspecified atom stereocenters. The summed E-state index contributed by atoms with van der Waals surface area (Å²) in [5.74, 6) is 0.992. The summed E-state index contributed by atoms with van der Waals surface area (Å²) in [5, 5.41) is 0. The van der Waals surface area contributed by atoms with Crippen LogP contribution in [0.2, 0.25) is 0 Å². The molecule has 1 aliphatic heterocycles. The first-order valence-electron chi connectivity index (χ1n) is 10.0. The van der Waals surface area contributed by atoms with Crippen LogP contribution in [-0.4, -0.2) is 53.0 Å². The second kappa shape index (κ2) is 9.34. The van der Waals surface area contributed by atoms with Crippen LogP contribution in [0.3, 0.4) is 0 Å². The zero-order valence-corrected chi connectivity index (χ0v) is 17.4. The van der Waals surface area contributed by atoms with Gasteiger partial charge in [-0.2, -0.15) is 0 Å². The summed E-state index contributed by atoms with van der Waals surface area (Å²) in [7, 11) is 0. The fourth-order valence-electron chi connectivity index (χ4n) is 3.39. The fraction of sp³-hybridized carbons (Fsp3) is 0.545. The first kappa shape index (κ1) is 20.6. The second-order valence-corrected chi connectivity index (χ2v) is 7.91. The quantitative estimate of drug-likeness (QED) is 0.730. The number of benzene rings is 1. The maximum absolute atomic E-state index is 12.6. The van der Waals surface area contributed by atoms with Crippen molar-refractivity contribution in [2.75, 3.05) is 26.3 Å². The molecule has 2 heterocycles. The van der Waals surface area contributed by atoms with Crippen LogP contribution in [0, 0.1) is 12.8 Å². The van der Waals surface area contributed by atoms with Gasteiger partial charge in [0.05, 0.1) is 19.8 Å². The maximum atomic E-state index is 12.6. The molecule has 1 saturated heterocycles. The van der Waals surface area contributed by atoms with E-state index < -0.39 is 0 Å². The van der Waals surface area contributed by atoms with E-state index in [9.17, 15) is 4.79 Å². The first-order chi connectivity index (χ1) is 13.4. The third kappa shape index (κ3) is 5.20. The Bertz CT molecular complexity index is 781. The summed E-state index contributed by atoms with van der Waals surface area (Å²) < 4.78 is 11.0. The number of hydrogen-bond acceptors (Lipinski definition) is 5. The molecule has 1 aliphatic rings. The molecule has 1 aromatic carbocycles. The molecule has 1 fully saturated rings. The van der Waals surface area contributed by atoms with E-state index in [2.05, 4.69) is 61.8 Å². The molecule has 0 spiro atoms. The maximum Gasteiger partial charge on any atom is 0.275 e. The molecule has 3 rings (SSSR count). The Morgan fingerprint density at radius 3 is 2.64 bits per heavy atom. The number of carbonyl (C=O) groups is 1. The van der Waals surface area contributed by atoms with Crippen molar-refractivity contribution in [3.05, 3.63) is 53.2 Å². The standard InChI is InChI=1S/C22H31N3O3/c1-16(2)18(4)25(13-19-7-5-6-17(3)12-19)14-21-23-20(15-28-21)22(26)24-8-10-27-11-9-24/h5-7,12,15-16,18H,8-11,13-14H2,1-4H3. The number of hydrogen-bond donors (Lipinski definition) is 0. The molecule has 1 aromatic heterocycles. The van der Waals surface area contributed by atoms with Crippen LogP contribution in [0.5, 0.6) is 0 Å². The smallest absolute Gasteiger partial charge is 0.275 e. The molecule has 0 N–H and O–H groups in total. The number of amides is 1. The van der Waals surface area contributed by atoms with Gasteiger partial charge in [-0.1, -0.05) is 43.7 Å².